The van der Waals surface area contributed by atoms with Crippen LogP contribution in [0, 0.1) is 11.8 Å². The number of methoxy groups -OCH3 is 1. The van der Waals surface area contributed by atoms with E-state index in [-0.39, 0.29) is 0 Å². The van der Waals surface area contributed by atoms with Gasteiger partial charge in [0.2, 0.25) is 0 Å². The summed E-state index contributed by atoms with van der Waals surface area (Å²) in [5.74, 6) is 7.28. The van der Waals surface area contributed by atoms with Crippen LogP contribution < -0.4 is 4.74 Å². The van der Waals surface area contributed by atoms with E-state index in [1.54, 1.807) is 7.11 Å². The summed E-state index contributed by atoms with van der Waals surface area (Å²) in [5, 5.41) is 0. The molecule has 1 aromatic rings. The minimum atomic E-state index is -0.396. The Labute approximate surface area is 103 Å². The van der Waals surface area contributed by atoms with Crippen LogP contribution >= 0.6 is 0 Å². The summed E-state index contributed by atoms with van der Waals surface area (Å²) < 4.78 is 10.8. The van der Waals surface area contributed by atoms with Gasteiger partial charge in [-0.25, -0.2) is 0 Å². The van der Waals surface area contributed by atoms with E-state index in [9.17, 15) is 0 Å². The van der Waals surface area contributed by atoms with Crippen LogP contribution in [0.5, 0.6) is 5.75 Å². The van der Waals surface area contributed by atoms with Gasteiger partial charge < -0.3 is 9.47 Å². The highest BCUT2D eigenvalue weighted by Gasteiger charge is 2.12. The number of fused-ring (bicyclic) bond motifs is 1. The third kappa shape index (κ3) is 3.01. The van der Waals surface area contributed by atoms with Gasteiger partial charge in [0.1, 0.15) is 11.4 Å². The van der Waals surface area contributed by atoms with Crippen LogP contribution in [0.4, 0.5) is 0 Å². The summed E-state index contributed by atoms with van der Waals surface area (Å²) in [6.45, 7) is 4.75. The van der Waals surface area contributed by atoms with Crippen molar-refractivity contribution in [2.24, 2.45) is 0 Å². The first-order valence-electron chi connectivity index (χ1n) is 5.95. The predicted molar refractivity (Wildman–Crippen MR) is 68.2 cm³/mol. The number of aryl methyl sites for hydroxylation is 1. The molecule has 2 heteroatoms. The first-order chi connectivity index (χ1) is 8.11. The Morgan fingerprint density at radius 2 is 2.18 bits per heavy atom. The monoisotopic (exact) mass is 230 g/mol. The summed E-state index contributed by atoms with van der Waals surface area (Å²) in [6.07, 6.45) is 2.17. The molecular weight excluding hydrogens is 212 g/mol. The third-order valence-electron chi connectivity index (χ3n) is 2.93. The molecule has 0 aliphatic carbocycles. The van der Waals surface area contributed by atoms with E-state index in [1.165, 1.54) is 5.56 Å². The Bertz CT molecular complexity index is 464. The smallest absolute Gasteiger partial charge is 0.123 e. The zero-order valence-corrected chi connectivity index (χ0v) is 10.7. The fourth-order valence-corrected chi connectivity index (χ4v) is 1.71. The summed E-state index contributed by atoms with van der Waals surface area (Å²) in [7, 11) is 1.68. The highest BCUT2D eigenvalue weighted by Crippen LogP contribution is 2.25. The van der Waals surface area contributed by atoms with Crippen LogP contribution in [0.15, 0.2) is 18.2 Å². The summed E-state index contributed by atoms with van der Waals surface area (Å²) in [4.78, 5) is 0. The Morgan fingerprint density at radius 1 is 1.35 bits per heavy atom. The zero-order valence-electron chi connectivity index (χ0n) is 10.7. The van der Waals surface area contributed by atoms with Gasteiger partial charge in [-0.1, -0.05) is 11.8 Å². The van der Waals surface area contributed by atoms with Crippen LogP contribution in [0.25, 0.3) is 0 Å². The van der Waals surface area contributed by atoms with E-state index in [0.29, 0.717) is 0 Å². The van der Waals surface area contributed by atoms with Crippen LogP contribution in [-0.2, 0) is 11.2 Å². The fourth-order valence-electron chi connectivity index (χ4n) is 1.71. The normalized spacial score (nSPS) is 14.3. The second-order valence-electron chi connectivity index (χ2n) is 4.74. The van der Waals surface area contributed by atoms with Crippen LogP contribution in [0.3, 0.4) is 0 Å². The molecule has 0 atom stereocenters. The molecule has 1 heterocycles. The molecule has 0 bridgehead atoms. The number of benzene rings is 1. The maximum absolute atomic E-state index is 5.57. The minimum absolute atomic E-state index is 0.396. The Balaban J connectivity index is 2.23. The molecule has 90 valence electrons. The molecule has 17 heavy (non-hydrogen) atoms. The van der Waals surface area contributed by atoms with E-state index >= 15 is 0 Å². The standard InChI is InChI=1S/C15H18O2/c1-15(2,16-3)9-8-12-6-7-14-13(11-12)5-4-10-17-14/h6-7,11H,4-5,10H2,1-3H3. The van der Waals surface area contributed by atoms with Crippen LogP contribution in [0.2, 0.25) is 0 Å². The van der Waals surface area contributed by atoms with Gasteiger partial charge >= 0.3 is 0 Å². The molecule has 2 nitrogen and oxygen atoms in total. The van der Waals surface area contributed by atoms with Crippen LogP contribution in [0.1, 0.15) is 31.4 Å². The molecular formula is C15H18O2. The molecule has 0 N–H and O–H groups in total. The molecule has 0 saturated carbocycles. The van der Waals surface area contributed by atoms with Crippen molar-refractivity contribution >= 4 is 0 Å². The Kier molecular flexibility index (Phi) is 3.40. The highest BCUT2D eigenvalue weighted by molar-refractivity contribution is 5.45. The van der Waals surface area contributed by atoms with Gasteiger partial charge in [-0.05, 0) is 50.5 Å². The molecule has 1 aromatic carbocycles. The van der Waals surface area contributed by atoms with E-state index in [1.807, 2.05) is 26.0 Å². The van der Waals surface area contributed by atoms with Gasteiger partial charge in [0, 0.05) is 12.7 Å². The second-order valence-corrected chi connectivity index (χ2v) is 4.74. The van der Waals surface area contributed by atoms with Gasteiger partial charge in [0.15, 0.2) is 0 Å². The molecule has 0 saturated heterocycles. The topological polar surface area (TPSA) is 18.5 Å². The maximum atomic E-state index is 5.57. The first-order valence-corrected chi connectivity index (χ1v) is 5.95. The van der Waals surface area contributed by atoms with Gasteiger partial charge in [-0.15, -0.1) is 0 Å². The molecule has 2 rings (SSSR count). The molecule has 0 radical (unpaired) electrons. The molecule has 0 amide bonds. The average Bonchev–Trinajstić information content (AvgIpc) is 2.36. The van der Waals surface area contributed by atoms with Crippen molar-refractivity contribution in [2.45, 2.75) is 32.3 Å². The lowest BCUT2D eigenvalue weighted by Gasteiger charge is -2.17. The third-order valence-corrected chi connectivity index (χ3v) is 2.93. The SMILES string of the molecule is COC(C)(C)C#Cc1ccc2c(c1)CCCO2. The largest absolute Gasteiger partial charge is 0.493 e. The van der Waals surface area contributed by atoms with Crippen molar-refractivity contribution < 1.29 is 9.47 Å². The van der Waals surface area contributed by atoms with Gasteiger partial charge in [-0.2, -0.15) is 0 Å². The zero-order chi connectivity index (χ0) is 12.3. The molecule has 0 fully saturated rings. The number of hydrogen-bond acceptors (Lipinski definition) is 2. The number of rotatable bonds is 1. The van der Waals surface area contributed by atoms with Crippen molar-refractivity contribution in [3.63, 3.8) is 0 Å². The van der Waals surface area contributed by atoms with E-state index < -0.39 is 5.60 Å². The molecule has 0 aromatic heterocycles. The van der Waals surface area contributed by atoms with Gasteiger partial charge in [-0.3, -0.25) is 0 Å². The second kappa shape index (κ2) is 4.81. The lowest BCUT2D eigenvalue weighted by atomic mass is 10.0. The molecule has 1 aliphatic heterocycles. The maximum Gasteiger partial charge on any atom is 0.123 e. The van der Waals surface area contributed by atoms with Crippen molar-refractivity contribution in [1.82, 2.24) is 0 Å². The molecule has 0 spiro atoms. The number of ether oxygens (including phenoxy) is 2. The van der Waals surface area contributed by atoms with Gasteiger partial charge in [0.25, 0.3) is 0 Å². The summed E-state index contributed by atoms with van der Waals surface area (Å²) in [5.41, 5.74) is 1.89. The summed E-state index contributed by atoms with van der Waals surface area (Å²) in [6, 6.07) is 6.13. The Morgan fingerprint density at radius 3 is 2.94 bits per heavy atom. The lowest BCUT2D eigenvalue weighted by molar-refractivity contribution is 0.0742. The van der Waals surface area contributed by atoms with Crippen molar-refractivity contribution in [2.75, 3.05) is 13.7 Å². The van der Waals surface area contributed by atoms with Crippen molar-refractivity contribution in [1.29, 1.82) is 0 Å². The van der Waals surface area contributed by atoms with Crippen molar-refractivity contribution in [3.8, 4) is 17.6 Å². The highest BCUT2D eigenvalue weighted by atomic mass is 16.5. The quantitative estimate of drug-likeness (QED) is 0.691. The lowest BCUT2D eigenvalue weighted by Crippen LogP contribution is -2.19. The fraction of sp³-hybridized carbons (Fsp3) is 0.467. The summed E-state index contributed by atoms with van der Waals surface area (Å²) >= 11 is 0. The van der Waals surface area contributed by atoms with E-state index in [2.05, 4.69) is 17.9 Å². The molecule has 0 unspecified atom stereocenters. The first kappa shape index (κ1) is 12.0. The van der Waals surface area contributed by atoms with Gasteiger partial charge in [0.05, 0.1) is 6.61 Å². The van der Waals surface area contributed by atoms with E-state index in [4.69, 9.17) is 9.47 Å². The number of hydrogen-bond donors (Lipinski definition) is 0. The van der Waals surface area contributed by atoms with Crippen molar-refractivity contribution in [3.05, 3.63) is 29.3 Å². The predicted octanol–water partition coefficient (Wildman–Crippen LogP) is 2.79. The minimum Gasteiger partial charge on any atom is -0.493 e. The van der Waals surface area contributed by atoms with E-state index in [0.717, 1.165) is 30.8 Å². The Hall–Kier alpha value is -1.46. The van der Waals surface area contributed by atoms with Crippen LogP contribution in [-0.4, -0.2) is 19.3 Å². The average molecular weight is 230 g/mol. The molecule has 1 aliphatic rings.